The van der Waals surface area contributed by atoms with Gasteiger partial charge in [0.25, 0.3) is 5.91 Å². The number of rotatable bonds is 8. The average Bonchev–Trinajstić information content (AvgIpc) is 3.33. The second-order valence-electron chi connectivity index (χ2n) is 8.78. The molecule has 0 aromatic heterocycles. The molecule has 8 heteroatoms. The zero-order valence-corrected chi connectivity index (χ0v) is 20.0. The Morgan fingerprint density at radius 2 is 1.73 bits per heavy atom. The van der Waals surface area contributed by atoms with Crippen LogP contribution in [0.3, 0.4) is 0 Å². The molecule has 1 saturated carbocycles. The van der Waals surface area contributed by atoms with Crippen LogP contribution in [0.25, 0.3) is 0 Å². The standard InChI is InChI=1S/C25H33N3O4S/c1-2-32-23-12-10-20(11-13-23)19-27-14-16-28(17-15-27)25(29)21-6-5-9-24(18-21)33(30,31)26-22-7-3-4-8-22/h5-6,9-13,18,22,26H,2-4,7-8,14-17,19H2,1H3. The van der Waals surface area contributed by atoms with E-state index in [1.165, 1.54) is 11.6 Å². The first-order valence-corrected chi connectivity index (χ1v) is 13.3. The molecule has 1 aliphatic heterocycles. The minimum Gasteiger partial charge on any atom is -0.494 e. The van der Waals surface area contributed by atoms with Gasteiger partial charge in [0.05, 0.1) is 11.5 Å². The van der Waals surface area contributed by atoms with E-state index in [4.69, 9.17) is 4.74 Å². The molecule has 0 radical (unpaired) electrons. The number of piperazine rings is 1. The van der Waals surface area contributed by atoms with Crippen LogP contribution in [0.2, 0.25) is 0 Å². The number of carbonyl (C=O) groups is 1. The van der Waals surface area contributed by atoms with Gasteiger partial charge in [-0.3, -0.25) is 9.69 Å². The van der Waals surface area contributed by atoms with Gasteiger partial charge in [0, 0.05) is 44.3 Å². The minimum absolute atomic E-state index is 0.00203. The lowest BCUT2D eigenvalue weighted by Crippen LogP contribution is -2.48. The third kappa shape index (κ3) is 6.13. The van der Waals surface area contributed by atoms with Gasteiger partial charge in [-0.2, -0.15) is 0 Å². The highest BCUT2D eigenvalue weighted by atomic mass is 32.2. The third-order valence-corrected chi connectivity index (χ3v) is 7.89. The van der Waals surface area contributed by atoms with Crippen molar-refractivity contribution < 1.29 is 17.9 Å². The van der Waals surface area contributed by atoms with Crippen molar-refractivity contribution in [3.8, 4) is 5.75 Å². The maximum atomic E-state index is 13.1. The van der Waals surface area contributed by atoms with Crippen molar-refractivity contribution in [2.24, 2.45) is 0 Å². The van der Waals surface area contributed by atoms with Crippen LogP contribution >= 0.6 is 0 Å². The molecule has 4 rings (SSSR count). The molecule has 0 unspecified atom stereocenters. The first-order valence-electron chi connectivity index (χ1n) is 11.8. The number of sulfonamides is 1. The molecule has 0 bridgehead atoms. The summed E-state index contributed by atoms with van der Waals surface area (Å²) in [5, 5.41) is 0. The van der Waals surface area contributed by atoms with Crippen molar-refractivity contribution >= 4 is 15.9 Å². The molecule has 0 spiro atoms. The largest absolute Gasteiger partial charge is 0.494 e. The van der Waals surface area contributed by atoms with Crippen LogP contribution in [0.1, 0.15) is 48.5 Å². The predicted octanol–water partition coefficient (Wildman–Crippen LogP) is 3.26. The van der Waals surface area contributed by atoms with Crippen LogP contribution in [0.4, 0.5) is 0 Å². The van der Waals surface area contributed by atoms with Crippen molar-refractivity contribution in [1.82, 2.24) is 14.5 Å². The number of ether oxygens (including phenoxy) is 1. The fraction of sp³-hybridized carbons (Fsp3) is 0.480. The molecule has 1 heterocycles. The van der Waals surface area contributed by atoms with Crippen molar-refractivity contribution in [3.63, 3.8) is 0 Å². The molecular formula is C25H33N3O4S. The number of amides is 1. The Balaban J connectivity index is 1.33. The average molecular weight is 472 g/mol. The number of hydrogen-bond acceptors (Lipinski definition) is 5. The normalized spacial score (nSPS) is 17.9. The van der Waals surface area contributed by atoms with E-state index in [0.29, 0.717) is 25.3 Å². The van der Waals surface area contributed by atoms with Gasteiger partial charge in [0.1, 0.15) is 5.75 Å². The quantitative estimate of drug-likeness (QED) is 0.639. The fourth-order valence-electron chi connectivity index (χ4n) is 4.54. The topological polar surface area (TPSA) is 79.0 Å². The fourth-order valence-corrected chi connectivity index (χ4v) is 5.89. The number of nitrogens with zero attached hydrogens (tertiary/aromatic N) is 2. The van der Waals surface area contributed by atoms with Crippen molar-refractivity contribution in [2.45, 2.75) is 50.1 Å². The Hall–Kier alpha value is -2.42. The Labute approximate surface area is 196 Å². The van der Waals surface area contributed by atoms with E-state index >= 15 is 0 Å². The molecule has 1 saturated heterocycles. The molecule has 178 valence electrons. The summed E-state index contributed by atoms with van der Waals surface area (Å²) in [5.41, 5.74) is 1.63. The molecule has 7 nitrogen and oxygen atoms in total. The Morgan fingerprint density at radius 3 is 2.39 bits per heavy atom. The summed E-state index contributed by atoms with van der Waals surface area (Å²) >= 11 is 0. The van der Waals surface area contributed by atoms with Crippen LogP contribution in [0.15, 0.2) is 53.4 Å². The van der Waals surface area contributed by atoms with Crippen LogP contribution in [-0.4, -0.2) is 63.0 Å². The van der Waals surface area contributed by atoms with Gasteiger partial charge >= 0.3 is 0 Å². The summed E-state index contributed by atoms with van der Waals surface area (Å²) in [4.78, 5) is 17.4. The minimum atomic E-state index is -3.62. The third-order valence-electron chi connectivity index (χ3n) is 6.37. The summed E-state index contributed by atoms with van der Waals surface area (Å²) in [7, 11) is -3.62. The van der Waals surface area contributed by atoms with Gasteiger partial charge < -0.3 is 9.64 Å². The summed E-state index contributed by atoms with van der Waals surface area (Å²) in [6.07, 6.45) is 3.85. The van der Waals surface area contributed by atoms with Crippen molar-refractivity contribution in [1.29, 1.82) is 0 Å². The number of benzene rings is 2. The van der Waals surface area contributed by atoms with Crippen LogP contribution in [-0.2, 0) is 16.6 Å². The van der Waals surface area contributed by atoms with Gasteiger partial charge in [-0.25, -0.2) is 13.1 Å². The molecule has 1 aliphatic carbocycles. The first-order chi connectivity index (χ1) is 15.9. The van der Waals surface area contributed by atoms with Gasteiger partial charge in [0.2, 0.25) is 10.0 Å². The van der Waals surface area contributed by atoms with Crippen LogP contribution in [0, 0.1) is 0 Å². The van der Waals surface area contributed by atoms with Crippen molar-refractivity contribution in [2.75, 3.05) is 32.8 Å². The monoisotopic (exact) mass is 471 g/mol. The SMILES string of the molecule is CCOc1ccc(CN2CCN(C(=O)c3cccc(S(=O)(=O)NC4CCCC4)c3)CC2)cc1. The molecule has 0 atom stereocenters. The molecule has 2 aliphatic rings. The van der Waals surface area contributed by atoms with Crippen molar-refractivity contribution in [3.05, 3.63) is 59.7 Å². The molecular weight excluding hydrogens is 438 g/mol. The van der Waals surface area contributed by atoms with Gasteiger partial charge in [-0.05, 0) is 55.7 Å². The smallest absolute Gasteiger partial charge is 0.253 e. The molecule has 2 aromatic rings. The second-order valence-corrected chi connectivity index (χ2v) is 10.5. The summed E-state index contributed by atoms with van der Waals surface area (Å²) in [6.45, 7) is 6.24. The Bertz CT molecular complexity index is 1040. The number of carbonyl (C=O) groups excluding carboxylic acids is 1. The molecule has 1 N–H and O–H groups in total. The van der Waals surface area contributed by atoms with Gasteiger partial charge in [-0.15, -0.1) is 0 Å². The van der Waals surface area contributed by atoms with E-state index in [9.17, 15) is 13.2 Å². The summed E-state index contributed by atoms with van der Waals surface area (Å²) < 4.78 is 33.8. The first kappa shape index (κ1) is 23.7. The Morgan fingerprint density at radius 1 is 1.03 bits per heavy atom. The highest BCUT2D eigenvalue weighted by Gasteiger charge is 2.26. The Kier molecular flexibility index (Phi) is 7.67. The predicted molar refractivity (Wildman–Crippen MR) is 128 cm³/mol. The van der Waals surface area contributed by atoms with E-state index in [-0.39, 0.29) is 16.8 Å². The van der Waals surface area contributed by atoms with Gasteiger partial charge in [-0.1, -0.05) is 31.0 Å². The lowest BCUT2D eigenvalue weighted by Gasteiger charge is -2.34. The zero-order valence-electron chi connectivity index (χ0n) is 19.2. The van der Waals surface area contributed by atoms with Crippen LogP contribution in [0.5, 0.6) is 5.75 Å². The summed E-state index contributed by atoms with van der Waals surface area (Å²) in [5.74, 6) is 0.757. The van der Waals surface area contributed by atoms with E-state index in [1.54, 1.807) is 18.2 Å². The van der Waals surface area contributed by atoms with E-state index < -0.39 is 10.0 Å². The zero-order chi connectivity index (χ0) is 23.3. The van der Waals surface area contributed by atoms with E-state index in [0.717, 1.165) is 51.1 Å². The molecule has 2 fully saturated rings. The molecule has 1 amide bonds. The van der Waals surface area contributed by atoms with Crippen LogP contribution < -0.4 is 9.46 Å². The second kappa shape index (κ2) is 10.7. The number of nitrogens with one attached hydrogen (secondary N) is 1. The van der Waals surface area contributed by atoms with E-state index in [2.05, 4.69) is 21.8 Å². The highest BCUT2D eigenvalue weighted by Crippen LogP contribution is 2.21. The maximum Gasteiger partial charge on any atom is 0.253 e. The number of hydrogen-bond donors (Lipinski definition) is 1. The lowest BCUT2D eigenvalue weighted by atomic mass is 10.1. The summed E-state index contributed by atoms with van der Waals surface area (Å²) in [6, 6.07) is 14.5. The lowest BCUT2D eigenvalue weighted by molar-refractivity contribution is 0.0628. The molecule has 33 heavy (non-hydrogen) atoms. The van der Waals surface area contributed by atoms with Gasteiger partial charge in [0.15, 0.2) is 0 Å². The maximum absolute atomic E-state index is 13.1. The van der Waals surface area contributed by atoms with E-state index in [1.807, 2.05) is 24.0 Å². The molecule has 2 aromatic carbocycles. The highest BCUT2D eigenvalue weighted by molar-refractivity contribution is 7.89.